The third-order valence-electron chi connectivity index (χ3n) is 7.57. The average molecular weight is 455 g/mol. The zero-order valence-corrected chi connectivity index (χ0v) is 21.1. The van der Waals surface area contributed by atoms with Crippen LogP contribution < -0.4 is 32.8 Å². The number of hydrogen-bond acceptors (Lipinski definition) is 2. The molecule has 8 heteroatoms. The second-order valence-electron chi connectivity index (χ2n) is 10.4. The summed E-state index contributed by atoms with van der Waals surface area (Å²) < 4.78 is 12.6. The van der Waals surface area contributed by atoms with E-state index in [0.717, 1.165) is 32.9 Å². The van der Waals surface area contributed by atoms with Gasteiger partial charge in [0.25, 0.3) is 0 Å². The Morgan fingerprint density at radius 2 is 1.19 bits per heavy atom. The van der Waals surface area contributed by atoms with Gasteiger partial charge in [0.2, 0.25) is 0 Å². The first-order chi connectivity index (χ1) is 16.9. The molecule has 0 amide bonds. The molecule has 2 nitrogen and oxygen atoms in total. The van der Waals surface area contributed by atoms with Gasteiger partial charge in [0.15, 0.2) is 0 Å². The fourth-order valence-electron chi connectivity index (χ4n) is 4.69. The van der Waals surface area contributed by atoms with E-state index in [0.29, 0.717) is 16.5 Å². The number of benzene rings is 4. The van der Waals surface area contributed by atoms with Crippen LogP contribution in [0.25, 0.3) is 33.0 Å². The quantitative estimate of drug-likeness (QED) is 0.418. The van der Waals surface area contributed by atoms with E-state index in [4.69, 9.17) is 48.5 Å². The summed E-state index contributed by atoms with van der Waals surface area (Å²) >= 11 is 0. The van der Waals surface area contributed by atoms with E-state index in [-0.39, 0.29) is 16.4 Å². The minimum atomic E-state index is -0.465. The number of hydrogen-bond donors (Lipinski definition) is 0. The first-order valence-corrected chi connectivity index (χ1v) is 11.9. The van der Waals surface area contributed by atoms with Crippen molar-refractivity contribution < 1.29 is 9.31 Å². The number of fused-ring (bicyclic) bond motifs is 1. The van der Waals surface area contributed by atoms with Crippen LogP contribution in [0.4, 0.5) is 0 Å². The molecule has 0 aliphatic carbocycles. The molecule has 0 atom stereocenters. The molecular formula is C28H22B6O2. The van der Waals surface area contributed by atoms with Gasteiger partial charge in [-0.25, -0.2) is 0 Å². The van der Waals surface area contributed by atoms with E-state index < -0.39 is 18.3 Å². The minimum absolute atomic E-state index is 0.199. The van der Waals surface area contributed by atoms with E-state index in [2.05, 4.69) is 30.3 Å². The molecule has 4 aromatic rings. The fourth-order valence-corrected chi connectivity index (χ4v) is 4.69. The summed E-state index contributed by atoms with van der Waals surface area (Å²) in [5, 5.41) is 2.11. The molecule has 164 valence electrons. The molecule has 0 spiro atoms. The molecule has 0 saturated carbocycles. The van der Waals surface area contributed by atoms with Crippen LogP contribution in [0.5, 0.6) is 0 Å². The molecule has 1 fully saturated rings. The Bertz CT molecular complexity index is 1470. The Kier molecular flexibility index (Phi) is 6.13. The smallest absolute Gasteiger partial charge is 0.399 e. The van der Waals surface area contributed by atoms with Gasteiger partial charge in [0.1, 0.15) is 39.2 Å². The standard InChI is InChI=1S/C28H22B6O2/c1-27(2)28(3,4)36-34(35-27)18-10-7-9-16(13-18)20-14-17(12-15-8-5-6-11-19(15)20)21-22(29)24(31)26(33)25(32)23(21)30/h5-14H,1-4H3. The Balaban J connectivity index is 1.70. The van der Waals surface area contributed by atoms with Crippen molar-refractivity contribution in [3.63, 3.8) is 0 Å². The van der Waals surface area contributed by atoms with Crippen LogP contribution in [0.1, 0.15) is 27.7 Å². The van der Waals surface area contributed by atoms with Crippen molar-refractivity contribution in [1.29, 1.82) is 0 Å². The molecule has 10 radical (unpaired) electrons. The third kappa shape index (κ3) is 3.99. The lowest BCUT2D eigenvalue weighted by Crippen LogP contribution is -2.55. The van der Waals surface area contributed by atoms with Gasteiger partial charge in [-0.2, -0.15) is 0 Å². The summed E-state index contributed by atoms with van der Waals surface area (Å²) in [5.74, 6) is 0. The Morgan fingerprint density at radius 1 is 0.611 bits per heavy atom. The lowest BCUT2D eigenvalue weighted by Gasteiger charge is -2.32. The predicted octanol–water partition coefficient (Wildman–Crippen LogP) is 0.442. The van der Waals surface area contributed by atoms with Crippen LogP contribution in [0.3, 0.4) is 0 Å². The molecule has 5 rings (SSSR count). The Morgan fingerprint density at radius 3 is 1.83 bits per heavy atom. The van der Waals surface area contributed by atoms with Crippen LogP contribution in [0, 0.1) is 0 Å². The normalized spacial score (nSPS) is 16.5. The van der Waals surface area contributed by atoms with Crippen LogP contribution >= 0.6 is 0 Å². The topological polar surface area (TPSA) is 18.5 Å². The largest absolute Gasteiger partial charge is 0.494 e. The van der Waals surface area contributed by atoms with Crippen molar-refractivity contribution in [3.05, 3.63) is 60.7 Å². The summed E-state index contributed by atoms with van der Waals surface area (Å²) in [6.07, 6.45) is 0. The molecule has 1 saturated heterocycles. The van der Waals surface area contributed by atoms with Gasteiger partial charge in [-0.05, 0) is 78.3 Å². The maximum Gasteiger partial charge on any atom is 0.494 e. The van der Waals surface area contributed by atoms with E-state index in [1.54, 1.807) is 0 Å². The molecule has 0 bridgehead atoms. The molecule has 1 heterocycles. The van der Waals surface area contributed by atoms with Crippen LogP contribution in [0.15, 0.2) is 60.7 Å². The van der Waals surface area contributed by atoms with Crippen molar-refractivity contribution in [3.8, 4) is 22.3 Å². The lowest BCUT2D eigenvalue weighted by molar-refractivity contribution is 0.00578. The van der Waals surface area contributed by atoms with Crippen molar-refractivity contribution >= 4 is 89.9 Å². The van der Waals surface area contributed by atoms with Gasteiger partial charge in [0, 0.05) is 0 Å². The van der Waals surface area contributed by atoms with Gasteiger partial charge >= 0.3 is 7.12 Å². The van der Waals surface area contributed by atoms with Crippen molar-refractivity contribution in [2.75, 3.05) is 0 Å². The third-order valence-corrected chi connectivity index (χ3v) is 7.57. The van der Waals surface area contributed by atoms with Crippen molar-refractivity contribution in [1.82, 2.24) is 0 Å². The highest BCUT2D eigenvalue weighted by molar-refractivity contribution is 6.68. The molecule has 1 aliphatic heterocycles. The summed E-state index contributed by atoms with van der Waals surface area (Å²) in [7, 11) is 30.7. The maximum absolute atomic E-state index is 6.40. The second-order valence-corrected chi connectivity index (χ2v) is 10.4. The zero-order valence-electron chi connectivity index (χ0n) is 21.1. The van der Waals surface area contributed by atoms with Crippen molar-refractivity contribution in [2.45, 2.75) is 38.9 Å². The zero-order chi connectivity index (χ0) is 26.0. The Hall–Kier alpha value is -2.55. The summed E-state index contributed by atoms with van der Waals surface area (Å²) in [6, 6.07) is 20.5. The molecule has 0 unspecified atom stereocenters. The average Bonchev–Trinajstić information content (AvgIpc) is 3.08. The van der Waals surface area contributed by atoms with Gasteiger partial charge in [0.05, 0.1) is 11.2 Å². The molecule has 4 aromatic carbocycles. The first-order valence-electron chi connectivity index (χ1n) is 11.9. The highest BCUT2D eigenvalue weighted by atomic mass is 16.7. The maximum atomic E-state index is 6.40. The summed E-state index contributed by atoms with van der Waals surface area (Å²) in [6.45, 7) is 8.19. The van der Waals surface area contributed by atoms with E-state index in [1.807, 2.05) is 58.0 Å². The van der Waals surface area contributed by atoms with E-state index >= 15 is 0 Å². The molecule has 36 heavy (non-hydrogen) atoms. The molecule has 0 N–H and O–H groups in total. The van der Waals surface area contributed by atoms with Crippen LogP contribution in [-0.2, 0) is 9.31 Å². The molecule has 1 aliphatic rings. The molecular weight excluding hydrogens is 433 g/mol. The van der Waals surface area contributed by atoms with E-state index in [1.165, 1.54) is 0 Å². The van der Waals surface area contributed by atoms with Gasteiger partial charge in [-0.1, -0.05) is 59.5 Å². The highest BCUT2D eigenvalue weighted by Gasteiger charge is 2.51. The second kappa shape index (κ2) is 8.78. The SMILES string of the molecule is [B]c1c([B])c([B])c(-c2cc(-c3cccc(B4OC(C)(C)C(C)(C)O4)c3)c3ccccc3c2)c([B])c1[B]. The van der Waals surface area contributed by atoms with Gasteiger partial charge in [-0.15, -0.1) is 16.4 Å². The molecule has 0 aromatic heterocycles. The van der Waals surface area contributed by atoms with Crippen LogP contribution in [0.2, 0.25) is 0 Å². The summed E-state index contributed by atoms with van der Waals surface area (Å²) in [5.41, 5.74) is 4.77. The highest BCUT2D eigenvalue weighted by Crippen LogP contribution is 2.37. The monoisotopic (exact) mass is 456 g/mol. The van der Waals surface area contributed by atoms with Crippen LogP contribution in [-0.4, -0.2) is 57.6 Å². The summed E-state index contributed by atoms with van der Waals surface area (Å²) in [4.78, 5) is 0. The fraction of sp³-hybridized carbons (Fsp3) is 0.214. The predicted molar refractivity (Wildman–Crippen MR) is 157 cm³/mol. The minimum Gasteiger partial charge on any atom is -0.399 e. The Labute approximate surface area is 220 Å². The van der Waals surface area contributed by atoms with Gasteiger partial charge < -0.3 is 9.31 Å². The first kappa shape index (κ1) is 25.1. The van der Waals surface area contributed by atoms with E-state index in [9.17, 15) is 0 Å². The van der Waals surface area contributed by atoms with Crippen molar-refractivity contribution in [2.24, 2.45) is 0 Å². The lowest BCUT2D eigenvalue weighted by atomic mass is 9.59. The van der Waals surface area contributed by atoms with Gasteiger partial charge in [-0.3, -0.25) is 0 Å². The number of rotatable bonds is 3.